The summed E-state index contributed by atoms with van der Waals surface area (Å²) < 4.78 is 10.3. The monoisotopic (exact) mass is 390 g/mol. The van der Waals surface area contributed by atoms with Crippen LogP contribution in [0, 0.1) is 11.8 Å². The Bertz CT molecular complexity index is 669. The van der Waals surface area contributed by atoms with E-state index in [0.29, 0.717) is 37.1 Å². The van der Waals surface area contributed by atoms with Gasteiger partial charge in [0, 0.05) is 6.54 Å². The summed E-state index contributed by atoms with van der Waals surface area (Å²) in [5.74, 6) is 5.69. The number of nitrogens with two attached hydrogens (primary N) is 1. The number of hydrogen-bond donors (Lipinski definition) is 2. The zero-order valence-electron chi connectivity index (χ0n) is 17.9. The van der Waals surface area contributed by atoms with Crippen LogP contribution < -0.4 is 15.8 Å². The molecule has 0 bridgehead atoms. The fourth-order valence-electron chi connectivity index (χ4n) is 2.09. The third-order valence-electron chi connectivity index (χ3n) is 3.37. The van der Waals surface area contributed by atoms with Crippen molar-refractivity contribution in [2.45, 2.75) is 65.5 Å². The number of ketones is 1. The summed E-state index contributed by atoms with van der Waals surface area (Å²) in [6.07, 6.45) is 1.48. The van der Waals surface area contributed by atoms with Crippen molar-refractivity contribution in [1.29, 1.82) is 0 Å². The van der Waals surface area contributed by atoms with Gasteiger partial charge >= 0.3 is 6.09 Å². The van der Waals surface area contributed by atoms with E-state index in [1.54, 1.807) is 19.2 Å². The molecule has 0 aliphatic heterocycles. The molecule has 1 rings (SSSR count). The third-order valence-corrected chi connectivity index (χ3v) is 3.37. The zero-order valence-corrected chi connectivity index (χ0v) is 17.9. The van der Waals surface area contributed by atoms with Gasteiger partial charge in [0.15, 0.2) is 0 Å². The number of carbonyl (C=O) groups excluding carboxylic acids is 2. The molecule has 0 radical (unpaired) electrons. The second-order valence-electron chi connectivity index (χ2n) is 6.85. The quantitative estimate of drug-likeness (QED) is 0.548. The fraction of sp³-hybridized carbons (Fsp3) is 0.545. The average molecular weight is 391 g/mol. The Labute approximate surface area is 169 Å². The van der Waals surface area contributed by atoms with Crippen LogP contribution in [-0.4, -0.2) is 37.2 Å². The molecule has 1 aromatic rings. The number of para-hydroxylation sites is 1. The van der Waals surface area contributed by atoms with E-state index in [0.717, 1.165) is 0 Å². The van der Waals surface area contributed by atoms with Gasteiger partial charge in [-0.05, 0) is 58.1 Å². The first-order chi connectivity index (χ1) is 13.2. The van der Waals surface area contributed by atoms with Crippen LogP contribution >= 0.6 is 0 Å². The summed E-state index contributed by atoms with van der Waals surface area (Å²) in [7, 11) is 1.55. The second-order valence-corrected chi connectivity index (χ2v) is 6.85. The zero-order chi connectivity index (χ0) is 21.6. The minimum atomic E-state index is -0.640. The maximum absolute atomic E-state index is 12.0. The van der Waals surface area contributed by atoms with Crippen LogP contribution in [0.3, 0.4) is 0 Å². The van der Waals surface area contributed by atoms with Crippen molar-refractivity contribution < 1.29 is 19.1 Å². The average Bonchev–Trinajstić information content (AvgIpc) is 2.66. The third kappa shape index (κ3) is 11.2. The van der Waals surface area contributed by atoms with Gasteiger partial charge in [-0.3, -0.25) is 4.79 Å². The standard InChI is InChI=1S/C20H28N2O4.C2H6/c1-20(2,3)26-19(24)22-14-8-7-10-16(21)17(23)13-12-15-9-5-6-11-18(15)25-4;1-2/h5-6,9,11,16H,7-8,10,14,21H2,1-4H3,(H,22,24);1-2H3. The van der Waals surface area contributed by atoms with E-state index in [1.807, 2.05) is 46.8 Å². The summed E-state index contributed by atoms with van der Waals surface area (Å²) in [4.78, 5) is 23.5. The molecule has 1 amide bonds. The number of unbranched alkanes of at least 4 members (excludes halogenated alkanes) is 1. The number of carbonyl (C=O) groups is 2. The summed E-state index contributed by atoms with van der Waals surface area (Å²) in [6.45, 7) is 9.90. The normalized spacial score (nSPS) is 11.1. The SMILES string of the molecule is CC.COc1ccccc1C#CC(=O)C(N)CCCCNC(=O)OC(C)(C)C. The van der Waals surface area contributed by atoms with Crippen LogP contribution in [0.25, 0.3) is 0 Å². The van der Waals surface area contributed by atoms with Crippen LogP contribution in [0.15, 0.2) is 24.3 Å². The lowest BCUT2D eigenvalue weighted by atomic mass is 10.1. The van der Waals surface area contributed by atoms with Gasteiger partial charge in [-0.1, -0.05) is 31.9 Å². The fourth-order valence-corrected chi connectivity index (χ4v) is 2.09. The lowest BCUT2D eigenvalue weighted by Gasteiger charge is -2.19. The number of ether oxygens (including phenoxy) is 2. The molecule has 156 valence electrons. The predicted octanol–water partition coefficient (Wildman–Crippen LogP) is 3.66. The molecule has 28 heavy (non-hydrogen) atoms. The Balaban J connectivity index is 0.00000352. The van der Waals surface area contributed by atoms with E-state index in [1.165, 1.54) is 0 Å². The maximum atomic E-state index is 12.0. The number of benzene rings is 1. The van der Waals surface area contributed by atoms with Gasteiger partial charge in [-0.15, -0.1) is 0 Å². The van der Waals surface area contributed by atoms with Crippen molar-refractivity contribution in [2.24, 2.45) is 5.73 Å². The highest BCUT2D eigenvalue weighted by Gasteiger charge is 2.15. The van der Waals surface area contributed by atoms with Gasteiger partial charge < -0.3 is 20.5 Å². The molecule has 6 heteroatoms. The Morgan fingerprint density at radius 2 is 1.82 bits per heavy atom. The van der Waals surface area contributed by atoms with Gasteiger partial charge in [0.1, 0.15) is 11.4 Å². The topological polar surface area (TPSA) is 90.6 Å². The smallest absolute Gasteiger partial charge is 0.407 e. The van der Waals surface area contributed by atoms with Crippen LogP contribution in [0.1, 0.15) is 59.4 Å². The predicted molar refractivity (Wildman–Crippen MR) is 112 cm³/mol. The number of hydrogen-bond acceptors (Lipinski definition) is 5. The van der Waals surface area contributed by atoms with Crippen LogP contribution in [-0.2, 0) is 9.53 Å². The number of alkyl carbamates (subject to hydrolysis) is 1. The van der Waals surface area contributed by atoms with Crippen molar-refractivity contribution in [1.82, 2.24) is 5.32 Å². The Morgan fingerprint density at radius 1 is 1.18 bits per heavy atom. The molecule has 6 nitrogen and oxygen atoms in total. The molecule has 0 saturated carbocycles. The van der Waals surface area contributed by atoms with Crippen molar-refractivity contribution in [3.8, 4) is 17.6 Å². The Morgan fingerprint density at radius 3 is 2.43 bits per heavy atom. The van der Waals surface area contributed by atoms with Crippen LogP contribution in [0.5, 0.6) is 5.75 Å². The van der Waals surface area contributed by atoms with Gasteiger partial charge in [0.25, 0.3) is 0 Å². The molecular formula is C22H34N2O4. The highest BCUT2D eigenvalue weighted by molar-refractivity contribution is 6.00. The van der Waals surface area contributed by atoms with E-state index in [-0.39, 0.29) is 5.78 Å². The van der Waals surface area contributed by atoms with Crippen molar-refractivity contribution >= 4 is 11.9 Å². The summed E-state index contributed by atoms with van der Waals surface area (Å²) >= 11 is 0. The van der Waals surface area contributed by atoms with Crippen molar-refractivity contribution in [2.75, 3.05) is 13.7 Å². The van der Waals surface area contributed by atoms with Gasteiger partial charge in [0.2, 0.25) is 5.78 Å². The molecule has 0 spiro atoms. The summed E-state index contributed by atoms with van der Waals surface area (Å²) in [5, 5.41) is 2.67. The van der Waals surface area contributed by atoms with E-state index in [2.05, 4.69) is 17.2 Å². The Kier molecular flexibility index (Phi) is 12.4. The molecule has 1 atom stereocenters. The molecule has 1 aromatic carbocycles. The van der Waals surface area contributed by atoms with Gasteiger partial charge in [-0.25, -0.2) is 4.79 Å². The largest absolute Gasteiger partial charge is 0.495 e. The number of Topliss-reactive ketones (excluding diaryl/α,β-unsaturated/α-hetero) is 1. The Hall–Kier alpha value is -2.52. The first-order valence-electron chi connectivity index (χ1n) is 9.64. The lowest BCUT2D eigenvalue weighted by Crippen LogP contribution is -2.33. The molecule has 1 unspecified atom stereocenters. The molecule has 0 aliphatic rings. The van der Waals surface area contributed by atoms with Crippen LogP contribution in [0.2, 0.25) is 0 Å². The summed E-state index contributed by atoms with van der Waals surface area (Å²) in [5.41, 5.74) is 6.02. The van der Waals surface area contributed by atoms with Gasteiger partial charge in [-0.2, -0.15) is 0 Å². The van der Waals surface area contributed by atoms with E-state index in [4.69, 9.17) is 15.2 Å². The van der Waals surface area contributed by atoms with Crippen molar-refractivity contribution in [3.05, 3.63) is 29.8 Å². The number of rotatable bonds is 7. The number of nitrogens with one attached hydrogen (secondary N) is 1. The van der Waals surface area contributed by atoms with E-state index >= 15 is 0 Å². The first kappa shape index (κ1) is 25.5. The van der Waals surface area contributed by atoms with Crippen LogP contribution in [0.4, 0.5) is 4.79 Å². The molecule has 0 saturated heterocycles. The first-order valence-corrected chi connectivity index (χ1v) is 9.64. The molecule has 0 aliphatic carbocycles. The van der Waals surface area contributed by atoms with E-state index in [9.17, 15) is 9.59 Å². The van der Waals surface area contributed by atoms with Gasteiger partial charge in [0.05, 0.1) is 18.7 Å². The highest BCUT2D eigenvalue weighted by Crippen LogP contribution is 2.15. The number of amides is 1. The molecular weight excluding hydrogens is 356 g/mol. The van der Waals surface area contributed by atoms with Crippen molar-refractivity contribution in [3.63, 3.8) is 0 Å². The lowest BCUT2D eigenvalue weighted by molar-refractivity contribution is -0.115. The number of methoxy groups -OCH3 is 1. The molecule has 0 fully saturated rings. The molecule has 0 aromatic heterocycles. The minimum Gasteiger partial charge on any atom is -0.495 e. The summed E-state index contributed by atoms with van der Waals surface area (Å²) in [6, 6.07) is 6.59. The maximum Gasteiger partial charge on any atom is 0.407 e. The molecule has 0 heterocycles. The second kappa shape index (κ2) is 13.6. The molecule has 3 N–H and O–H groups in total. The van der Waals surface area contributed by atoms with E-state index < -0.39 is 17.7 Å². The minimum absolute atomic E-state index is 0.309. The highest BCUT2D eigenvalue weighted by atomic mass is 16.6.